The van der Waals surface area contributed by atoms with Crippen molar-refractivity contribution in [1.82, 2.24) is 0 Å². The Balaban J connectivity index is 2.77. The monoisotopic (exact) mass is 270 g/mol. The van der Waals surface area contributed by atoms with Crippen LogP contribution in [0.1, 0.15) is 25.3 Å². The first kappa shape index (κ1) is 14.9. The highest BCUT2D eigenvalue weighted by atomic mass is 32.1. The average molecular weight is 270 g/mol. The maximum absolute atomic E-state index is 13.7. The van der Waals surface area contributed by atoms with Crippen molar-refractivity contribution in [2.45, 2.75) is 25.8 Å². The van der Waals surface area contributed by atoms with E-state index >= 15 is 0 Å². The van der Waals surface area contributed by atoms with Crippen LogP contribution in [0, 0.1) is 5.82 Å². The number of hydrogen-bond acceptors (Lipinski definition) is 3. The first-order chi connectivity index (χ1) is 8.58. The number of anilines is 1. The van der Waals surface area contributed by atoms with Crippen LogP contribution in [-0.2, 0) is 4.74 Å². The molecule has 0 aliphatic heterocycles. The van der Waals surface area contributed by atoms with Crippen molar-refractivity contribution in [1.29, 1.82) is 0 Å². The molecule has 1 rings (SSSR count). The summed E-state index contributed by atoms with van der Waals surface area (Å²) in [5.41, 5.74) is 6.40. The zero-order valence-corrected chi connectivity index (χ0v) is 11.5. The Bertz CT molecular complexity index is 406. The van der Waals surface area contributed by atoms with E-state index in [0.717, 1.165) is 12.8 Å². The number of halogens is 1. The van der Waals surface area contributed by atoms with Crippen molar-refractivity contribution in [3.8, 4) is 0 Å². The molecule has 0 saturated heterocycles. The fourth-order valence-electron chi connectivity index (χ4n) is 1.79. The minimum absolute atomic E-state index is 0.0704. The third kappa shape index (κ3) is 4.23. The summed E-state index contributed by atoms with van der Waals surface area (Å²) in [7, 11) is 1.65. The molecule has 0 fully saturated rings. The third-order valence-corrected chi connectivity index (χ3v) is 2.83. The summed E-state index contributed by atoms with van der Waals surface area (Å²) < 4.78 is 18.8. The van der Waals surface area contributed by atoms with E-state index in [1.807, 2.05) is 0 Å². The maximum Gasteiger partial charge on any atom is 0.135 e. The molecule has 18 heavy (non-hydrogen) atoms. The second-order valence-corrected chi connectivity index (χ2v) is 4.58. The van der Waals surface area contributed by atoms with Gasteiger partial charge in [0, 0.05) is 24.4 Å². The van der Waals surface area contributed by atoms with Crippen LogP contribution in [0.25, 0.3) is 0 Å². The van der Waals surface area contributed by atoms with E-state index < -0.39 is 5.82 Å². The van der Waals surface area contributed by atoms with Gasteiger partial charge in [-0.3, -0.25) is 0 Å². The second-order valence-electron chi connectivity index (χ2n) is 4.14. The molecule has 1 aromatic rings. The molecule has 0 aromatic heterocycles. The van der Waals surface area contributed by atoms with Crippen LogP contribution in [0.2, 0.25) is 0 Å². The van der Waals surface area contributed by atoms with E-state index in [-0.39, 0.29) is 16.6 Å². The Labute approximate surface area is 113 Å². The highest BCUT2D eigenvalue weighted by Gasteiger charge is 2.10. The highest BCUT2D eigenvalue weighted by Crippen LogP contribution is 2.16. The van der Waals surface area contributed by atoms with Gasteiger partial charge in [0.05, 0.1) is 6.61 Å². The lowest BCUT2D eigenvalue weighted by Crippen LogP contribution is -2.24. The molecule has 0 aliphatic carbocycles. The number of rotatable bonds is 7. The number of nitrogens with one attached hydrogen (secondary N) is 1. The summed E-state index contributed by atoms with van der Waals surface area (Å²) in [6, 6.07) is 4.95. The first-order valence-electron chi connectivity index (χ1n) is 5.93. The Morgan fingerprint density at radius 3 is 2.78 bits per heavy atom. The summed E-state index contributed by atoms with van der Waals surface area (Å²) in [5.74, 6) is -0.403. The lowest BCUT2D eigenvalue weighted by Gasteiger charge is -2.18. The minimum atomic E-state index is -0.403. The van der Waals surface area contributed by atoms with Gasteiger partial charge in [-0.2, -0.15) is 0 Å². The molecule has 3 nitrogen and oxygen atoms in total. The van der Waals surface area contributed by atoms with E-state index in [9.17, 15) is 4.39 Å². The molecule has 0 amide bonds. The zero-order valence-electron chi connectivity index (χ0n) is 10.7. The molecule has 0 radical (unpaired) electrons. The second kappa shape index (κ2) is 7.28. The Kier molecular flexibility index (Phi) is 6.01. The van der Waals surface area contributed by atoms with Gasteiger partial charge >= 0.3 is 0 Å². The first-order valence-corrected chi connectivity index (χ1v) is 6.34. The molecule has 1 unspecified atom stereocenters. The van der Waals surface area contributed by atoms with Gasteiger partial charge in [-0.1, -0.05) is 25.6 Å². The van der Waals surface area contributed by atoms with Crippen LogP contribution in [0.15, 0.2) is 18.2 Å². The van der Waals surface area contributed by atoms with Crippen LogP contribution in [0.4, 0.5) is 10.1 Å². The van der Waals surface area contributed by atoms with E-state index in [1.54, 1.807) is 19.2 Å². The van der Waals surface area contributed by atoms with Crippen molar-refractivity contribution in [2.24, 2.45) is 5.73 Å². The van der Waals surface area contributed by atoms with Crippen LogP contribution < -0.4 is 11.1 Å². The number of benzene rings is 1. The van der Waals surface area contributed by atoms with E-state index in [1.165, 1.54) is 6.07 Å². The topological polar surface area (TPSA) is 47.3 Å². The summed E-state index contributed by atoms with van der Waals surface area (Å²) in [6.45, 7) is 2.69. The van der Waals surface area contributed by atoms with Crippen LogP contribution in [-0.4, -0.2) is 24.7 Å². The molecule has 0 spiro atoms. The molecular weight excluding hydrogens is 251 g/mol. The molecule has 0 bridgehead atoms. The van der Waals surface area contributed by atoms with Gasteiger partial charge in [0.2, 0.25) is 0 Å². The zero-order chi connectivity index (χ0) is 13.5. The minimum Gasteiger partial charge on any atom is -0.389 e. The Hall–Kier alpha value is -1.20. The maximum atomic E-state index is 13.7. The fourth-order valence-corrected chi connectivity index (χ4v) is 1.95. The van der Waals surface area contributed by atoms with Crippen molar-refractivity contribution in [3.63, 3.8) is 0 Å². The standard InChI is InChI=1S/C13H19FN2OS/c1-3-4-10(8-17-2)16-9-5-6-11(13(15)18)12(14)7-9/h5-7,10,16H,3-4,8H2,1-2H3,(H2,15,18). The molecule has 100 valence electrons. The smallest absolute Gasteiger partial charge is 0.135 e. The van der Waals surface area contributed by atoms with Crippen molar-refractivity contribution >= 4 is 22.9 Å². The van der Waals surface area contributed by atoms with Gasteiger partial charge < -0.3 is 15.8 Å². The normalized spacial score (nSPS) is 12.2. The van der Waals surface area contributed by atoms with Gasteiger partial charge in [-0.15, -0.1) is 0 Å². The fraction of sp³-hybridized carbons (Fsp3) is 0.462. The largest absolute Gasteiger partial charge is 0.389 e. The number of thiocarbonyl (C=S) groups is 1. The Morgan fingerprint density at radius 1 is 1.56 bits per heavy atom. The molecule has 0 saturated carbocycles. The predicted molar refractivity (Wildman–Crippen MR) is 76.5 cm³/mol. The van der Waals surface area contributed by atoms with Gasteiger partial charge in [0.1, 0.15) is 10.8 Å². The van der Waals surface area contributed by atoms with Gasteiger partial charge in [0.15, 0.2) is 0 Å². The van der Waals surface area contributed by atoms with E-state index in [2.05, 4.69) is 12.2 Å². The number of hydrogen-bond donors (Lipinski definition) is 2. The summed E-state index contributed by atoms with van der Waals surface area (Å²) >= 11 is 4.76. The molecule has 3 N–H and O–H groups in total. The number of methoxy groups -OCH3 is 1. The van der Waals surface area contributed by atoms with Crippen molar-refractivity contribution < 1.29 is 9.13 Å². The number of ether oxygens (including phenoxy) is 1. The highest BCUT2D eigenvalue weighted by molar-refractivity contribution is 7.80. The lowest BCUT2D eigenvalue weighted by molar-refractivity contribution is 0.182. The molecule has 1 atom stereocenters. The van der Waals surface area contributed by atoms with Crippen molar-refractivity contribution in [3.05, 3.63) is 29.6 Å². The third-order valence-electron chi connectivity index (χ3n) is 2.61. The van der Waals surface area contributed by atoms with Gasteiger partial charge in [-0.25, -0.2) is 4.39 Å². The molecule has 1 aromatic carbocycles. The van der Waals surface area contributed by atoms with Gasteiger partial charge in [-0.05, 0) is 24.6 Å². The van der Waals surface area contributed by atoms with E-state index in [4.69, 9.17) is 22.7 Å². The van der Waals surface area contributed by atoms with Gasteiger partial charge in [0.25, 0.3) is 0 Å². The summed E-state index contributed by atoms with van der Waals surface area (Å²) in [4.78, 5) is 0.0704. The van der Waals surface area contributed by atoms with Crippen LogP contribution in [0.3, 0.4) is 0 Å². The summed E-state index contributed by atoms with van der Waals surface area (Å²) in [6.07, 6.45) is 2.00. The Morgan fingerprint density at radius 2 is 2.28 bits per heavy atom. The molecule has 0 heterocycles. The van der Waals surface area contributed by atoms with Crippen molar-refractivity contribution in [2.75, 3.05) is 19.0 Å². The SMILES string of the molecule is CCCC(COC)Nc1ccc(C(N)=S)c(F)c1. The lowest BCUT2D eigenvalue weighted by atomic mass is 10.1. The van der Waals surface area contributed by atoms with E-state index in [0.29, 0.717) is 12.3 Å². The predicted octanol–water partition coefficient (Wildman–Crippen LogP) is 2.69. The molecular formula is C13H19FN2OS. The van der Waals surface area contributed by atoms with Crippen LogP contribution in [0.5, 0.6) is 0 Å². The molecule has 5 heteroatoms. The molecule has 0 aliphatic rings. The van der Waals surface area contributed by atoms with Crippen LogP contribution >= 0.6 is 12.2 Å². The number of nitrogens with two attached hydrogens (primary N) is 1. The quantitative estimate of drug-likeness (QED) is 0.748. The average Bonchev–Trinajstić information content (AvgIpc) is 2.29. The summed E-state index contributed by atoms with van der Waals surface area (Å²) in [5, 5.41) is 3.24.